The molecule has 2 fully saturated rings. The van der Waals surface area contributed by atoms with E-state index in [1.165, 1.54) is 23.2 Å². The third kappa shape index (κ3) is 4.41. The number of rotatable bonds is 4. The molecule has 0 radical (unpaired) electrons. The molecule has 13 heteroatoms. The Kier molecular flexibility index (Phi) is 7.00. The number of fused-ring (bicyclic) bond motifs is 3. The molecule has 2 aromatic carbocycles. The fourth-order valence-corrected chi connectivity index (χ4v) is 7.59. The van der Waals surface area contributed by atoms with Gasteiger partial charge in [0.05, 0.1) is 34.6 Å². The van der Waals surface area contributed by atoms with Crippen molar-refractivity contribution in [1.29, 1.82) is 0 Å². The first-order chi connectivity index (χ1) is 20.2. The highest BCUT2D eigenvalue weighted by molar-refractivity contribution is 6.35. The summed E-state index contributed by atoms with van der Waals surface area (Å²) in [6.45, 7) is 5.93. The van der Waals surface area contributed by atoms with Crippen LogP contribution < -0.4 is 16.0 Å². The van der Waals surface area contributed by atoms with E-state index in [1.807, 2.05) is 25.7 Å². The lowest BCUT2D eigenvalue weighted by atomic mass is 9.62. The second kappa shape index (κ2) is 10.1. The van der Waals surface area contributed by atoms with Crippen molar-refractivity contribution in [2.24, 2.45) is 11.1 Å². The Morgan fingerprint density at radius 2 is 1.77 bits per heavy atom. The van der Waals surface area contributed by atoms with E-state index in [-0.39, 0.29) is 12.4 Å². The van der Waals surface area contributed by atoms with E-state index in [1.54, 1.807) is 18.2 Å². The van der Waals surface area contributed by atoms with Crippen LogP contribution in [0.25, 0.3) is 0 Å². The van der Waals surface area contributed by atoms with Crippen LogP contribution in [0, 0.1) is 17.0 Å². The van der Waals surface area contributed by atoms with Crippen molar-refractivity contribution < 1.29 is 23.2 Å². The Labute approximate surface area is 261 Å². The Morgan fingerprint density at radius 3 is 2.35 bits per heavy atom. The van der Waals surface area contributed by atoms with Crippen LogP contribution >= 0.6 is 34.8 Å². The van der Waals surface area contributed by atoms with Gasteiger partial charge < -0.3 is 11.1 Å². The number of carbonyl (C=O) groups is 3. The molecule has 224 valence electrons. The summed E-state index contributed by atoms with van der Waals surface area (Å²) in [5.74, 6) is -5.34. The molecular weight excluding hydrogens is 623 g/mol. The van der Waals surface area contributed by atoms with Gasteiger partial charge in [0.15, 0.2) is 0 Å². The van der Waals surface area contributed by atoms with Gasteiger partial charge >= 0.3 is 0 Å². The summed E-state index contributed by atoms with van der Waals surface area (Å²) in [5.41, 5.74) is 3.99. The smallest absolute Gasteiger partial charge is 0.267 e. The van der Waals surface area contributed by atoms with Crippen LogP contribution in [-0.2, 0) is 15.0 Å². The highest BCUT2D eigenvalue weighted by atomic mass is 35.5. The van der Waals surface area contributed by atoms with Crippen LogP contribution in [0.4, 0.5) is 20.2 Å². The molecule has 3 aliphatic heterocycles. The van der Waals surface area contributed by atoms with Gasteiger partial charge in [-0.25, -0.2) is 13.8 Å². The molecular formula is C30H26Cl3F2N5O3. The van der Waals surface area contributed by atoms with Crippen molar-refractivity contribution >= 4 is 63.9 Å². The van der Waals surface area contributed by atoms with Gasteiger partial charge in [0.1, 0.15) is 22.7 Å². The minimum Gasteiger partial charge on any atom is -0.364 e. The summed E-state index contributed by atoms with van der Waals surface area (Å²) in [4.78, 5) is 47.6. The van der Waals surface area contributed by atoms with E-state index in [0.717, 1.165) is 6.07 Å². The van der Waals surface area contributed by atoms with Crippen molar-refractivity contribution in [2.75, 3.05) is 16.9 Å². The van der Waals surface area contributed by atoms with Crippen LogP contribution in [0.2, 0.25) is 15.1 Å². The number of amides is 3. The third-order valence-electron chi connectivity index (χ3n) is 8.54. The van der Waals surface area contributed by atoms with E-state index >= 15 is 8.78 Å². The fourth-order valence-electron chi connectivity index (χ4n) is 6.94. The Hall–Kier alpha value is -3.31. The number of anilines is 2. The minimum atomic E-state index is -1.62. The number of hydrogen-bond donors (Lipinski definition) is 2. The molecule has 4 heterocycles. The third-order valence-corrected chi connectivity index (χ3v) is 9.32. The largest absolute Gasteiger partial charge is 0.364 e. The Bertz CT molecular complexity index is 1690. The highest BCUT2D eigenvalue weighted by Crippen LogP contribution is 2.62. The average Bonchev–Trinajstić information content (AvgIpc) is 3.50. The van der Waals surface area contributed by atoms with Gasteiger partial charge in [-0.3, -0.25) is 24.2 Å². The quantitative estimate of drug-likeness (QED) is 0.343. The Morgan fingerprint density at radius 1 is 1.09 bits per heavy atom. The summed E-state index contributed by atoms with van der Waals surface area (Å²) < 4.78 is 32.2. The number of primary amides is 1. The zero-order chi connectivity index (χ0) is 31.2. The second-order valence-electron chi connectivity index (χ2n) is 12.3. The van der Waals surface area contributed by atoms with E-state index in [0.29, 0.717) is 28.4 Å². The molecule has 0 saturated carbocycles. The second-order valence-corrected chi connectivity index (χ2v) is 13.5. The molecule has 4 atom stereocenters. The predicted molar refractivity (Wildman–Crippen MR) is 159 cm³/mol. The molecule has 3 amide bonds. The lowest BCUT2D eigenvalue weighted by Crippen LogP contribution is -2.52. The molecule has 3 aliphatic rings. The maximum Gasteiger partial charge on any atom is 0.267 e. The zero-order valence-corrected chi connectivity index (χ0v) is 25.5. The average molecular weight is 649 g/mol. The molecule has 43 heavy (non-hydrogen) atoms. The van der Waals surface area contributed by atoms with E-state index in [9.17, 15) is 14.4 Å². The molecule has 2 saturated heterocycles. The maximum absolute atomic E-state index is 16.1. The lowest BCUT2D eigenvalue weighted by Gasteiger charge is -2.40. The first-order valence-electron chi connectivity index (χ1n) is 13.4. The minimum absolute atomic E-state index is 0.00828. The number of carbonyl (C=O) groups excluding carboxylic acids is 3. The normalized spacial score (nSPS) is 24.9. The molecule has 6 rings (SSSR count). The van der Waals surface area contributed by atoms with Crippen LogP contribution in [0.15, 0.2) is 42.6 Å². The fraction of sp³-hybridized carbons (Fsp3) is 0.333. The van der Waals surface area contributed by atoms with Gasteiger partial charge in [-0.2, -0.15) is 0 Å². The van der Waals surface area contributed by atoms with Crippen LogP contribution in [0.1, 0.15) is 54.7 Å². The Balaban J connectivity index is 1.63. The maximum atomic E-state index is 16.1. The number of pyridine rings is 1. The number of halogens is 5. The van der Waals surface area contributed by atoms with Gasteiger partial charge in [-0.15, -0.1) is 0 Å². The molecule has 1 aromatic heterocycles. The molecule has 8 nitrogen and oxygen atoms in total. The molecule has 0 aliphatic carbocycles. The van der Waals surface area contributed by atoms with Gasteiger partial charge in [-0.1, -0.05) is 61.6 Å². The van der Waals surface area contributed by atoms with Gasteiger partial charge in [-0.05, 0) is 47.7 Å². The van der Waals surface area contributed by atoms with Crippen LogP contribution in [0.3, 0.4) is 0 Å². The number of aromatic nitrogens is 1. The molecule has 0 bridgehead atoms. The number of nitrogens with zero attached hydrogens (tertiary/aromatic N) is 3. The number of hydrogen-bond acceptors (Lipinski definition) is 5. The highest BCUT2D eigenvalue weighted by Gasteiger charge is 2.72. The lowest BCUT2D eigenvalue weighted by molar-refractivity contribution is -0.122. The van der Waals surface area contributed by atoms with Crippen LogP contribution in [-0.4, -0.2) is 46.4 Å². The van der Waals surface area contributed by atoms with Gasteiger partial charge in [0.2, 0.25) is 11.8 Å². The monoisotopic (exact) mass is 647 g/mol. The van der Waals surface area contributed by atoms with E-state index in [2.05, 4.69) is 10.3 Å². The molecule has 0 unspecified atom stereocenters. The summed E-state index contributed by atoms with van der Waals surface area (Å²) in [7, 11) is 0. The van der Waals surface area contributed by atoms with Crippen molar-refractivity contribution in [3.8, 4) is 0 Å². The van der Waals surface area contributed by atoms with Gasteiger partial charge in [0, 0.05) is 28.2 Å². The summed E-state index contributed by atoms with van der Waals surface area (Å²) >= 11 is 18.7. The number of nitrogens with one attached hydrogen (secondary N) is 1. The van der Waals surface area contributed by atoms with Gasteiger partial charge in [0.25, 0.3) is 5.91 Å². The number of nitrogens with two attached hydrogens (primary N) is 1. The molecule has 3 N–H and O–H groups in total. The van der Waals surface area contributed by atoms with Crippen molar-refractivity contribution in [2.45, 2.75) is 50.6 Å². The summed E-state index contributed by atoms with van der Waals surface area (Å²) in [6.07, 6.45) is 1.70. The van der Waals surface area contributed by atoms with Crippen molar-refractivity contribution in [3.63, 3.8) is 0 Å². The zero-order valence-electron chi connectivity index (χ0n) is 23.2. The van der Waals surface area contributed by atoms with Crippen LogP contribution in [0.5, 0.6) is 0 Å². The van der Waals surface area contributed by atoms with Crippen molar-refractivity contribution in [1.82, 2.24) is 9.88 Å². The predicted octanol–water partition coefficient (Wildman–Crippen LogP) is 5.89. The first kappa shape index (κ1) is 29.7. The SMILES string of the molecule is CC(C)(C)C[C@@H]1N2CN(c3ccc(C(N)=O)nc3)C(=O)[C@H]2[C@H](c2c(F)c(Cl)cc(Cl)c2F)[C@]12C(=O)Nc1cc(Cl)ccc12. The summed E-state index contributed by atoms with van der Waals surface area (Å²) in [6, 6.07) is 6.80. The standard InChI is InChI=1S/C30H26Cl3F2N5O3/c1-29(2,3)10-20-30(15-6-4-13(31)8-19(15)38-28(30)43)22(21-23(34)16(32)9-17(33)24(21)35)25-27(42)39(12-40(20)25)14-5-7-18(26(36)41)37-11-14/h4-9,11,20,22,25H,10,12H2,1-3H3,(H2,36,41)(H,38,43)/t20-,22-,25+,30+/m0/s1. The van der Waals surface area contributed by atoms with Crippen molar-refractivity contribution in [3.05, 3.63) is 86.1 Å². The topological polar surface area (TPSA) is 109 Å². The summed E-state index contributed by atoms with van der Waals surface area (Å²) in [5, 5.41) is 2.36. The molecule has 1 spiro atoms. The number of benzene rings is 2. The van der Waals surface area contributed by atoms with E-state index < -0.39 is 73.8 Å². The first-order valence-corrected chi connectivity index (χ1v) is 14.6. The van der Waals surface area contributed by atoms with E-state index in [4.69, 9.17) is 40.5 Å². The molecule has 3 aromatic rings.